The van der Waals surface area contributed by atoms with E-state index >= 15 is 0 Å². The van der Waals surface area contributed by atoms with Crippen molar-refractivity contribution in [3.05, 3.63) is 90.1 Å². The molecule has 3 aromatic rings. The van der Waals surface area contributed by atoms with Crippen molar-refractivity contribution in [3.8, 4) is 17.2 Å². The van der Waals surface area contributed by atoms with Gasteiger partial charge in [-0.15, -0.1) is 0 Å². The summed E-state index contributed by atoms with van der Waals surface area (Å²) >= 11 is 1.36. The maximum atomic E-state index is 13.3. The van der Waals surface area contributed by atoms with Crippen LogP contribution in [0.4, 0.5) is 14.5 Å². The Morgan fingerprint density at radius 1 is 0.943 bits per heavy atom. The highest BCUT2D eigenvalue weighted by Crippen LogP contribution is 2.31. The first-order chi connectivity index (χ1) is 17.0. The number of benzene rings is 3. The molecule has 0 radical (unpaired) electrons. The SMILES string of the molecule is COc1ccc(C=C2N=C(SCCOc3ccccc3)N(c3ccc(OC(F)F)cc3)C2=O)cc1. The average molecular weight is 497 g/mol. The molecule has 1 aliphatic heterocycles. The normalized spacial score (nSPS) is 14.4. The highest BCUT2D eigenvalue weighted by molar-refractivity contribution is 8.14. The molecule has 35 heavy (non-hydrogen) atoms. The van der Waals surface area contributed by atoms with Gasteiger partial charge in [-0.25, -0.2) is 4.99 Å². The summed E-state index contributed by atoms with van der Waals surface area (Å²) < 4.78 is 40.4. The van der Waals surface area contributed by atoms with Gasteiger partial charge >= 0.3 is 6.61 Å². The molecular formula is C26H22F2N2O4S. The van der Waals surface area contributed by atoms with Gasteiger partial charge in [-0.3, -0.25) is 9.69 Å². The number of hydrogen-bond acceptors (Lipinski definition) is 6. The second kappa shape index (κ2) is 11.5. The van der Waals surface area contributed by atoms with Crippen LogP contribution in [-0.2, 0) is 4.79 Å². The summed E-state index contributed by atoms with van der Waals surface area (Å²) in [6.45, 7) is -2.51. The lowest BCUT2D eigenvalue weighted by molar-refractivity contribution is -0.113. The number of amidine groups is 1. The third-order valence-corrected chi connectivity index (χ3v) is 5.80. The number of thioether (sulfide) groups is 1. The number of nitrogens with zero attached hydrogens (tertiary/aromatic N) is 2. The summed E-state index contributed by atoms with van der Waals surface area (Å²) in [5.41, 5.74) is 1.54. The highest BCUT2D eigenvalue weighted by atomic mass is 32.2. The van der Waals surface area contributed by atoms with Gasteiger partial charge < -0.3 is 14.2 Å². The number of amides is 1. The van der Waals surface area contributed by atoms with E-state index in [1.807, 2.05) is 42.5 Å². The van der Waals surface area contributed by atoms with Crippen LogP contribution >= 0.6 is 11.8 Å². The van der Waals surface area contributed by atoms with Crippen molar-refractivity contribution < 1.29 is 27.8 Å². The first-order valence-corrected chi connectivity index (χ1v) is 11.7. The molecule has 180 valence electrons. The number of carbonyl (C=O) groups is 1. The predicted octanol–water partition coefficient (Wildman–Crippen LogP) is 5.85. The quantitative estimate of drug-likeness (QED) is 0.275. The Hall–Kier alpha value is -3.85. The maximum absolute atomic E-state index is 13.3. The van der Waals surface area contributed by atoms with E-state index in [2.05, 4.69) is 9.73 Å². The van der Waals surface area contributed by atoms with E-state index in [0.717, 1.165) is 11.3 Å². The lowest BCUT2D eigenvalue weighted by Crippen LogP contribution is -2.30. The maximum Gasteiger partial charge on any atom is 0.387 e. The van der Waals surface area contributed by atoms with Crippen molar-refractivity contribution in [1.29, 1.82) is 0 Å². The van der Waals surface area contributed by atoms with E-state index in [4.69, 9.17) is 9.47 Å². The largest absolute Gasteiger partial charge is 0.497 e. The molecule has 1 amide bonds. The molecule has 0 aromatic heterocycles. The number of carbonyl (C=O) groups excluding carboxylic acids is 1. The van der Waals surface area contributed by atoms with Crippen LogP contribution < -0.4 is 19.1 Å². The fourth-order valence-electron chi connectivity index (χ4n) is 3.26. The van der Waals surface area contributed by atoms with Crippen molar-refractivity contribution in [2.45, 2.75) is 6.61 Å². The lowest BCUT2D eigenvalue weighted by atomic mass is 10.2. The molecule has 3 aromatic carbocycles. The summed E-state index contributed by atoms with van der Waals surface area (Å²) in [4.78, 5) is 19.3. The van der Waals surface area contributed by atoms with Gasteiger partial charge in [-0.2, -0.15) is 8.78 Å². The van der Waals surface area contributed by atoms with Crippen molar-refractivity contribution >= 4 is 34.6 Å². The second-order valence-corrected chi connectivity index (χ2v) is 8.28. The number of para-hydroxylation sites is 1. The number of halogens is 2. The van der Waals surface area contributed by atoms with E-state index in [-0.39, 0.29) is 17.4 Å². The number of methoxy groups -OCH3 is 1. The van der Waals surface area contributed by atoms with Gasteiger partial charge in [-0.05, 0) is 60.2 Å². The zero-order chi connectivity index (χ0) is 24.6. The fourth-order valence-corrected chi connectivity index (χ4v) is 4.09. The number of rotatable bonds is 9. The smallest absolute Gasteiger partial charge is 0.387 e. The van der Waals surface area contributed by atoms with E-state index < -0.39 is 6.61 Å². The third kappa shape index (κ3) is 6.39. The molecule has 6 nitrogen and oxygen atoms in total. The molecule has 4 rings (SSSR count). The Kier molecular flexibility index (Phi) is 7.99. The summed E-state index contributed by atoms with van der Waals surface area (Å²) in [7, 11) is 1.58. The summed E-state index contributed by atoms with van der Waals surface area (Å²) in [5.74, 6) is 1.68. The van der Waals surface area contributed by atoms with Crippen LogP contribution in [0.2, 0.25) is 0 Å². The van der Waals surface area contributed by atoms with Crippen LogP contribution in [0.5, 0.6) is 17.2 Å². The van der Waals surface area contributed by atoms with E-state index in [1.54, 1.807) is 37.5 Å². The van der Waals surface area contributed by atoms with E-state index in [9.17, 15) is 13.6 Å². The third-order valence-electron chi connectivity index (χ3n) is 4.90. The minimum absolute atomic E-state index is 0.00629. The Morgan fingerprint density at radius 3 is 2.29 bits per heavy atom. The molecule has 1 aliphatic rings. The highest BCUT2D eigenvalue weighted by Gasteiger charge is 2.32. The molecular weight excluding hydrogens is 474 g/mol. The molecule has 0 aliphatic carbocycles. The first kappa shape index (κ1) is 24.3. The molecule has 0 fully saturated rings. The van der Waals surface area contributed by atoms with Crippen LogP contribution in [0.3, 0.4) is 0 Å². The van der Waals surface area contributed by atoms with Gasteiger partial charge in [0.25, 0.3) is 5.91 Å². The molecule has 0 N–H and O–H groups in total. The number of alkyl halides is 2. The zero-order valence-electron chi connectivity index (χ0n) is 18.8. The van der Waals surface area contributed by atoms with Gasteiger partial charge in [0, 0.05) is 5.75 Å². The van der Waals surface area contributed by atoms with Crippen LogP contribution in [0, 0.1) is 0 Å². The van der Waals surface area contributed by atoms with Crippen LogP contribution in [-0.4, -0.2) is 37.2 Å². The number of anilines is 1. The first-order valence-electron chi connectivity index (χ1n) is 10.7. The van der Waals surface area contributed by atoms with Crippen molar-refractivity contribution in [2.75, 3.05) is 24.4 Å². The Labute approximate surface area is 205 Å². The van der Waals surface area contributed by atoms with Crippen LogP contribution in [0.25, 0.3) is 6.08 Å². The number of ether oxygens (including phenoxy) is 3. The molecule has 9 heteroatoms. The van der Waals surface area contributed by atoms with Gasteiger partial charge in [0.2, 0.25) is 0 Å². The van der Waals surface area contributed by atoms with Crippen molar-refractivity contribution in [3.63, 3.8) is 0 Å². The average Bonchev–Trinajstić information content (AvgIpc) is 3.17. The molecule has 0 bridgehead atoms. The standard InChI is InChI=1S/C26H22F2N2O4S/c1-32-20-11-7-18(8-12-20)17-23-24(31)30(19-9-13-22(14-10-19)34-25(27)28)26(29-23)35-16-15-33-21-5-3-2-4-6-21/h2-14,17,25H,15-16H2,1H3. The Balaban J connectivity index is 1.53. The van der Waals surface area contributed by atoms with Gasteiger partial charge in [0.1, 0.15) is 22.9 Å². The monoisotopic (exact) mass is 496 g/mol. The second-order valence-electron chi connectivity index (χ2n) is 7.22. The van der Waals surface area contributed by atoms with Gasteiger partial charge in [0.05, 0.1) is 19.4 Å². The molecule has 1 heterocycles. The molecule has 0 spiro atoms. The topological polar surface area (TPSA) is 60.4 Å². The van der Waals surface area contributed by atoms with Crippen LogP contribution in [0.1, 0.15) is 5.56 Å². The molecule has 0 unspecified atom stereocenters. The van der Waals surface area contributed by atoms with Crippen molar-refractivity contribution in [1.82, 2.24) is 0 Å². The zero-order valence-corrected chi connectivity index (χ0v) is 19.6. The number of hydrogen-bond donors (Lipinski definition) is 0. The number of aliphatic imine (C=N–C) groups is 1. The predicted molar refractivity (Wildman–Crippen MR) is 133 cm³/mol. The minimum Gasteiger partial charge on any atom is -0.497 e. The van der Waals surface area contributed by atoms with Crippen molar-refractivity contribution in [2.24, 2.45) is 4.99 Å². The Morgan fingerprint density at radius 2 is 1.63 bits per heavy atom. The van der Waals surface area contributed by atoms with Gasteiger partial charge in [0.15, 0.2) is 5.17 Å². The fraction of sp³-hybridized carbons (Fsp3) is 0.154. The Bertz CT molecular complexity index is 1200. The van der Waals surface area contributed by atoms with Crippen LogP contribution in [0.15, 0.2) is 89.6 Å². The van der Waals surface area contributed by atoms with Gasteiger partial charge in [-0.1, -0.05) is 42.1 Å². The lowest BCUT2D eigenvalue weighted by Gasteiger charge is -2.18. The minimum atomic E-state index is -2.93. The molecule has 0 atom stereocenters. The van der Waals surface area contributed by atoms with E-state index in [1.165, 1.54) is 28.8 Å². The molecule has 0 saturated carbocycles. The summed E-state index contributed by atoms with van der Waals surface area (Å²) in [6.07, 6.45) is 1.69. The summed E-state index contributed by atoms with van der Waals surface area (Å²) in [5, 5.41) is 0.467. The summed E-state index contributed by atoms with van der Waals surface area (Å²) in [6, 6.07) is 22.5. The van der Waals surface area contributed by atoms with E-state index in [0.29, 0.717) is 29.0 Å². The molecule has 0 saturated heterocycles.